The molecule has 2 amide bonds. The van der Waals surface area contributed by atoms with Crippen molar-refractivity contribution in [3.05, 3.63) is 4.91 Å². The van der Waals surface area contributed by atoms with Crippen molar-refractivity contribution in [3.63, 3.8) is 0 Å². The van der Waals surface area contributed by atoms with Gasteiger partial charge in [-0.3, -0.25) is 9.59 Å². The molecular weight excluding hydrogens is 224 g/mol. The van der Waals surface area contributed by atoms with E-state index >= 15 is 0 Å². The molecule has 0 unspecified atom stereocenters. The number of nitrogens with zero attached hydrogens (tertiary/aromatic N) is 2. The third-order valence-corrected chi connectivity index (χ3v) is 3.22. The van der Waals surface area contributed by atoms with E-state index in [0.29, 0.717) is 17.9 Å². The number of imide groups is 1. The van der Waals surface area contributed by atoms with E-state index in [9.17, 15) is 14.5 Å². The zero-order chi connectivity index (χ0) is 12.3. The van der Waals surface area contributed by atoms with Gasteiger partial charge in [0.15, 0.2) is 0 Å². The molecule has 2 saturated heterocycles. The molecule has 17 heavy (non-hydrogen) atoms. The summed E-state index contributed by atoms with van der Waals surface area (Å²) in [6.45, 7) is 1.47. The van der Waals surface area contributed by atoms with Crippen LogP contribution in [0.3, 0.4) is 0 Å². The fourth-order valence-electron chi connectivity index (χ4n) is 2.27. The quantitative estimate of drug-likeness (QED) is 0.395. The lowest BCUT2D eigenvalue weighted by molar-refractivity contribution is -0.147. The minimum atomic E-state index is -0.531. The molecule has 0 aromatic rings. The summed E-state index contributed by atoms with van der Waals surface area (Å²) in [6, 6.07) is -0.892. The molecule has 2 fully saturated rings. The fourth-order valence-corrected chi connectivity index (χ4v) is 2.27. The SMILES string of the molecule is O=NN(C(=O)[C@H]1CCCN1)C(=O)[C@H]1CCCN1. The third kappa shape index (κ3) is 2.50. The lowest BCUT2D eigenvalue weighted by atomic mass is 10.2. The Morgan fingerprint density at radius 2 is 1.47 bits per heavy atom. The van der Waals surface area contributed by atoms with Gasteiger partial charge in [0.2, 0.25) is 0 Å². The van der Waals surface area contributed by atoms with Gasteiger partial charge in [-0.25, -0.2) is 0 Å². The molecule has 0 aromatic carbocycles. The van der Waals surface area contributed by atoms with Gasteiger partial charge in [0.1, 0.15) is 0 Å². The summed E-state index contributed by atoms with van der Waals surface area (Å²) in [5.41, 5.74) is 0. The Morgan fingerprint density at radius 3 is 1.76 bits per heavy atom. The van der Waals surface area contributed by atoms with Crippen LogP contribution in [0, 0.1) is 4.91 Å². The maximum Gasteiger partial charge on any atom is 0.269 e. The van der Waals surface area contributed by atoms with E-state index < -0.39 is 23.9 Å². The molecule has 2 aliphatic heterocycles. The fraction of sp³-hybridized carbons (Fsp3) is 0.800. The number of hydrogen-bond donors (Lipinski definition) is 2. The van der Waals surface area contributed by atoms with E-state index in [1.807, 2.05) is 0 Å². The highest BCUT2D eigenvalue weighted by Gasteiger charge is 2.36. The van der Waals surface area contributed by atoms with Crippen molar-refractivity contribution in [2.24, 2.45) is 5.29 Å². The van der Waals surface area contributed by atoms with Crippen molar-refractivity contribution in [2.75, 3.05) is 13.1 Å². The molecule has 0 spiro atoms. The number of carbonyl (C=O) groups is 2. The van der Waals surface area contributed by atoms with Crippen LogP contribution in [0.4, 0.5) is 0 Å². The predicted molar refractivity (Wildman–Crippen MR) is 59.7 cm³/mol. The first-order valence-corrected chi connectivity index (χ1v) is 5.92. The van der Waals surface area contributed by atoms with E-state index in [-0.39, 0.29) is 0 Å². The molecule has 7 heteroatoms. The Balaban J connectivity index is 2.01. The molecule has 94 valence electrons. The maximum atomic E-state index is 11.9. The maximum absolute atomic E-state index is 11.9. The number of rotatable bonds is 3. The Labute approximate surface area is 98.9 Å². The first-order chi connectivity index (χ1) is 8.24. The van der Waals surface area contributed by atoms with Crippen LogP contribution in [0.5, 0.6) is 0 Å². The molecule has 0 aliphatic carbocycles. The van der Waals surface area contributed by atoms with Crippen LogP contribution >= 0.6 is 0 Å². The molecule has 2 N–H and O–H groups in total. The van der Waals surface area contributed by atoms with Crippen molar-refractivity contribution < 1.29 is 9.59 Å². The van der Waals surface area contributed by atoms with Crippen LogP contribution in [-0.2, 0) is 9.59 Å². The van der Waals surface area contributed by atoms with Gasteiger partial charge in [-0.15, -0.1) is 9.92 Å². The second-order valence-corrected chi connectivity index (χ2v) is 4.37. The topological polar surface area (TPSA) is 90.9 Å². The molecule has 0 bridgehead atoms. The Kier molecular flexibility index (Phi) is 3.80. The minimum absolute atomic E-state index is 0.446. The van der Waals surface area contributed by atoms with Crippen LogP contribution in [0.1, 0.15) is 25.7 Å². The molecule has 2 rings (SSSR count). The van der Waals surface area contributed by atoms with Gasteiger partial charge < -0.3 is 10.6 Å². The normalized spacial score (nSPS) is 28.0. The van der Waals surface area contributed by atoms with Crippen molar-refractivity contribution in [2.45, 2.75) is 37.8 Å². The summed E-state index contributed by atoms with van der Waals surface area (Å²) in [5.74, 6) is -1.06. The molecule has 0 saturated carbocycles. The largest absolute Gasteiger partial charge is 0.306 e. The Hall–Kier alpha value is -1.34. The Morgan fingerprint density at radius 1 is 1.00 bits per heavy atom. The van der Waals surface area contributed by atoms with E-state index in [1.54, 1.807) is 0 Å². The zero-order valence-electron chi connectivity index (χ0n) is 9.52. The van der Waals surface area contributed by atoms with Crippen molar-refractivity contribution >= 4 is 11.8 Å². The summed E-state index contributed by atoms with van der Waals surface area (Å²) in [4.78, 5) is 34.5. The van der Waals surface area contributed by atoms with Gasteiger partial charge in [-0.1, -0.05) is 0 Å². The van der Waals surface area contributed by atoms with Gasteiger partial charge in [0.05, 0.1) is 17.4 Å². The Bertz CT molecular complexity index is 294. The van der Waals surface area contributed by atoms with Crippen LogP contribution in [0.25, 0.3) is 0 Å². The van der Waals surface area contributed by atoms with Crippen LogP contribution in [-0.4, -0.2) is 42.0 Å². The zero-order valence-corrected chi connectivity index (χ0v) is 9.52. The van der Waals surface area contributed by atoms with Crippen molar-refractivity contribution in [1.29, 1.82) is 0 Å². The highest BCUT2D eigenvalue weighted by atomic mass is 16.3. The minimum Gasteiger partial charge on any atom is -0.306 e. The number of hydrogen-bond acceptors (Lipinski definition) is 6. The standard InChI is InChI=1S/C10H16N4O3/c15-9(7-3-1-5-11-7)14(13-17)10(16)8-4-2-6-12-8/h7-8,11-12H,1-6H2/t7-,8-/m1/s1. The number of carbonyl (C=O) groups excluding carboxylic acids is 2. The average Bonchev–Trinajstić information content (AvgIpc) is 3.03. The third-order valence-electron chi connectivity index (χ3n) is 3.22. The molecule has 7 nitrogen and oxygen atoms in total. The molecular formula is C10H16N4O3. The van der Waals surface area contributed by atoms with E-state index in [2.05, 4.69) is 15.9 Å². The second kappa shape index (κ2) is 5.33. The molecule has 2 atom stereocenters. The molecule has 0 radical (unpaired) electrons. The van der Waals surface area contributed by atoms with Crippen molar-refractivity contribution in [3.8, 4) is 0 Å². The summed E-state index contributed by atoms with van der Waals surface area (Å²) < 4.78 is 0. The van der Waals surface area contributed by atoms with Crippen LogP contribution in [0.2, 0.25) is 0 Å². The lowest BCUT2D eigenvalue weighted by Gasteiger charge is -2.19. The highest BCUT2D eigenvalue weighted by molar-refractivity contribution is 5.99. The number of nitroso groups, excluding NO2 is 1. The predicted octanol–water partition coefficient (Wildman–Crippen LogP) is -0.473. The van der Waals surface area contributed by atoms with Gasteiger partial charge in [0, 0.05) is 0 Å². The number of nitrogens with one attached hydrogen (secondary N) is 2. The summed E-state index contributed by atoms with van der Waals surface area (Å²) in [7, 11) is 0. The monoisotopic (exact) mass is 240 g/mol. The highest BCUT2D eigenvalue weighted by Crippen LogP contribution is 2.13. The van der Waals surface area contributed by atoms with Crippen LogP contribution < -0.4 is 10.6 Å². The van der Waals surface area contributed by atoms with Gasteiger partial charge in [-0.05, 0) is 38.8 Å². The van der Waals surface area contributed by atoms with Gasteiger partial charge in [-0.2, -0.15) is 0 Å². The second-order valence-electron chi connectivity index (χ2n) is 4.37. The van der Waals surface area contributed by atoms with Gasteiger partial charge in [0.25, 0.3) is 11.8 Å². The lowest BCUT2D eigenvalue weighted by Crippen LogP contribution is -2.49. The van der Waals surface area contributed by atoms with Gasteiger partial charge >= 0.3 is 0 Å². The van der Waals surface area contributed by atoms with E-state index in [4.69, 9.17) is 0 Å². The summed E-state index contributed by atoms with van der Waals surface area (Å²) in [6.07, 6.45) is 3.05. The molecule has 0 aromatic heterocycles. The smallest absolute Gasteiger partial charge is 0.269 e. The number of amides is 2. The first-order valence-electron chi connectivity index (χ1n) is 5.92. The van der Waals surface area contributed by atoms with E-state index in [0.717, 1.165) is 25.9 Å². The summed E-state index contributed by atoms with van der Waals surface area (Å²) in [5, 5.41) is 8.97. The molecule has 2 heterocycles. The van der Waals surface area contributed by atoms with Crippen molar-refractivity contribution in [1.82, 2.24) is 15.6 Å². The van der Waals surface area contributed by atoms with Crippen LogP contribution in [0.15, 0.2) is 5.29 Å². The average molecular weight is 240 g/mol. The summed E-state index contributed by atoms with van der Waals surface area (Å²) >= 11 is 0. The molecule has 2 aliphatic rings. The van der Waals surface area contributed by atoms with E-state index in [1.165, 1.54) is 0 Å². The first kappa shape index (κ1) is 12.1.